The van der Waals surface area contributed by atoms with Crippen molar-refractivity contribution in [3.8, 4) is 12.3 Å². The highest BCUT2D eigenvalue weighted by atomic mass is 19.1. The number of terminal acetylenes is 1. The molecule has 0 aliphatic carbocycles. The summed E-state index contributed by atoms with van der Waals surface area (Å²) in [4.78, 5) is 1.69. The minimum atomic E-state index is -0.241. The highest BCUT2D eigenvalue weighted by Crippen LogP contribution is 2.15. The minimum absolute atomic E-state index is 0.241. The van der Waals surface area contributed by atoms with Gasteiger partial charge in [0.2, 0.25) is 0 Å². The summed E-state index contributed by atoms with van der Waals surface area (Å²) in [5, 5.41) is 0. The summed E-state index contributed by atoms with van der Waals surface area (Å²) in [5.74, 6) is 2.21. The van der Waals surface area contributed by atoms with Gasteiger partial charge in [-0.1, -0.05) is 18.1 Å². The molecule has 1 aromatic carbocycles. The molecule has 2 heteroatoms. The van der Waals surface area contributed by atoms with E-state index in [0.29, 0.717) is 12.2 Å². The normalized spacial score (nSPS) is 9.08. The van der Waals surface area contributed by atoms with E-state index in [1.165, 1.54) is 6.07 Å². The van der Waals surface area contributed by atoms with E-state index in [2.05, 4.69) is 5.92 Å². The summed E-state index contributed by atoms with van der Waals surface area (Å²) >= 11 is 0. The van der Waals surface area contributed by atoms with Gasteiger partial charge in [0, 0.05) is 7.05 Å². The van der Waals surface area contributed by atoms with Crippen molar-refractivity contribution in [3.63, 3.8) is 0 Å². The Bertz CT molecular complexity index is 301. The zero-order chi connectivity index (χ0) is 8.97. The summed E-state index contributed by atoms with van der Waals surface area (Å²) in [6.07, 6.45) is 5.10. The molecule has 0 radical (unpaired) electrons. The summed E-state index contributed by atoms with van der Waals surface area (Å²) < 4.78 is 13.1. The monoisotopic (exact) mass is 163 g/mol. The van der Waals surface area contributed by atoms with Gasteiger partial charge in [0.05, 0.1) is 12.2 Å². The van der Waals surface area contributed by atoms with Crippen LogP contribution >= 0.6 is 0 Å². The molecule has 0 saturated heterocycles. The molecule has 0 spiro atoms. The van der Waals surface area contributed by atoms with Crippen molar-refractivity contribution >= 4 is 5.69 Å². The predicted molar refractivity (Wildman–Crippen MR) is 48.5 cm³/mol. The molecule has 1 nitrogen and oxygen atoms in total. The molecule has 0 unspecified atom stereocenters. The molecular weight excluding hydrogens is 153 g/mol. The number of nitrogens with zero attached hydrogens (tertiary/aromatic N) is 1. The Morgan fingerprint density at radius 1 is 1.50 bits per heavy atom. The second-order valence-electron chi connectivity index (χ2n) is 2.51. The van der Waals surface area contributed by atoms with Crippen LogP contribution in [0, 0.1) is 18.2 Å². The van der Waals surface area contributed by atoms with Gasteiger partial charge in [-0.2, -0.15) is 0 Å². The highest BCUT2D eigenvalue weighted by Gasteiger charge is 2.03. The molecule has 0 aliphatic heterocycles. The van der Waals surface area contributed by atoms with Gasteiger partial charge < -0.3 is 4.90 Å². The number of halogens is 1. The van der Waals surface area contributed by atoms with Gasteiger partial charge in [-0.15, -0.1) is 6.42 Å². The number of anilines is 1. The van der Waals surface area contributed by atoms with Crippen LogP contribution in [-0.4, -0.2) is 13.6 Å². The van der Waals surface area contributed by atoms with Crippen LogP contribution in [0.5, 0.6) is 0 Å². The molecule has 0 saturated carbocycles. The maximum atomic E-state index is 13.1. The van der Waals surface area contributed by atoms with Gasteiger partial charge in [0.15, 0.2) is 0 Å². The molecule has 12 heavy (non-hydrogen) atoms. The van der Waals surface area contributed by atoms with E-state index >= 15 is 0 Å². The van der Waals surface area contributed by atoms with Crippen LogP contribution in [0.2, 0.25) is 0 Å². The van der Waals surface area contributed by atoms with Crippen molar-refractivity contribution in [1.29, 1.82) is 0 Å². The Hall–Kier alpha value is -1.49. The standard InChI is InChI=1S/C10H10FN/c1-3-8-12(2)10-7-5-4-6-9(10)11/h1,4-7H,8H2,2H3. The number of hydrogen-bond acceptors (Lipinski definition) is 1. The van der Waals surface area contributed by atoms with Crippen LogP contribution in [0.25, 0.3) is 0 Å². The van der Waals surface area contributed by atoms with E-state index in [4.69, 9.17) is 6.42 Å². The third kappa shape index (κ3) is 1.76. The number of hydrogen-bond donors (Lipinski definition) is 0. The van der Waals surface area contributed by atoms with E-state index < -0.39 is 0 Å². The minimum Gasteiger partial charge on any atom is -0.361 e. The quantitative estimate of drug-likeness (QED) is 0.602. The first kappa shape index (κ1) is 8.61. The Morgan fingerprint density at radius 3 is 2.75 bits per heavy atom. The molecule has 0 fully saturated rings. The van der Waals surface area contributed by atoms with Gasteiger partial charge in [-0.3, -0.25) is 0 Å². The summed E-state index contributed by atoms with van der Waals surface area (Å²) in [6, 6.07) is 6.56. The van der Waals surface area contributed by atoms with Gasteiger partial charge in [0.1, 0.15) is 5.82 Å². The smallest absolute Gasteiger partial charge is 0.146 e. The Labute approximate surface area is 71.8 Å². The largest absolute Gasteiger partial charge is 0.361 e. The van der Waals surface area contributed by atoms with E-state index in [1.54, 1.807) is 30.1 Å². The van der Waals surface area contributed by atoms with Crippen LogP contribution in [0.4, 0.5) is 10.1 Å². The predicted octanol–water partition coefficient (Wildman–Crippen LogP) is 1.90. The Kier molecular flexibility index (Phi) is 2.71. The van der Waals surface area contributed by atoms with E-state index in [0.717, 1.165) is 0 Å². The summed E-state index contributed by atoms with van der Waals surface area (Å²) in [6.45, 7) is 0.418. The lowest BCUT2D eigenvalue weighted by Gasteiger charge is -2.16. The number of para-hydroxylation sites is 1. The molecular formula is C10H10FN. The molecule has 0 aromatic heterocycles. The molecule has 0 amide bonds. The maximum absolute atomic E-state index is 13.1. The fourth-order valence-electron chi connectivity index (χ4n) is 0.983. The van der Waals surface area contributed by atoms with Crippen molar-refractivity contribution < 1.29 is 4.39 Å². The number of rotatable bonds is 2. The summed E-state index contributed by atoms with van der Waals surface area (Å²) in [7, 11) is 1.76. The van der Waals surface area contributed by atoms with Crippen molar-refractivity contribution in [2.24, 2.45) is 0 Å². The zero-order valence-corrected chi connectivity index (χ0v) is 6.92. The van der Waals surface area contributed by atoms with Gasteiger partial charge >= 0.3 is 0 Å². The first-order chi connectivity index (χ1) is 5.75. The molecule has 0 N–H and O–H groups in total. The van der Waals surface area contributed by atoms with Gasteiger partial charge in [-0.05, 0) is 12.1 Å². The van der Waals surface area contributed by atoms with Crippen molar-refractivity contribution in [2.75, 3.05) is 18.5 Å². The number of benzene rings is 1. The molecule has 0 heterocycles. The van der Waals surface area contributed by atoms with Crippen LogP contribution < -0.4 is 4.90 Å². The highest BCUT2D eigenvalue weighted by molar-refractivity contribution is 5.47. The SMILES string of the molecule is C#CCN(C)c1ccccc1F. The van der Waals surface area contributed by atoms with E-state index in [-0.39, 0.29) is 5.82 Å². The van der Waals surface area contributed by atoms with E-state index in [9.17, 15) is 4.39 Å². The van der Waals surface area contributed by atoms with Crippen LogP contribution in [0.15, 0.2) is 24.3 Å². The van der Waals surface area contributed by atoms with Crippen LogP contribution in [0.1, 0.15) is 0 Å². The molecule has 1 aromatic rings. The zero-order valence-electron chi connectivity index (χ0n) is 6.92. The fraction of sp³-hybridized carbons (Fsp3) is 0.200. The second-order valence-corrected chi connectivity index (χ2v) is 2.51. The topological polar surface area (TPSA) is 3.24 Å². The van der Waals surface area contributed by atoms with Crippen LogP contribution in [0.3, 0.4) is 0 Å². The average Bonchev–Trinajstić information content (AvgIpc) is 2.05. The first-order valence-corrected chi connectivity index (χ1v) is 3.65. The molecule has 62 valence electrons. The molecule has 1 rings (SSSR count). The van der Waals surface area contributed by atoms with Crippen molar-refractivity contribution in [3.05, 3.63) is 30.1 Å². The lowest BCUT2D eigenvalue weighted by Crippen LogP contribution is -2.18. The molecule has 0 bridgehead atoms. The van der Waals surface area contributed by atoms with Crippen molar-refractivity contribution in [1.82, 2.24) is 0 Å². The Balaban J connectivity index is 2.88. The fourth-order valence-corrected chi connectivity index (χ4v) is 0.983. The van der Waals surface area contributed by atoms with Gasteiger partial charge in [0.25, 0.3) is 0 Å². The average molecular weight is 163 g/mol. The first-order valence-electron chi connectivity index (χ1n) is 3.65. The lowest BCUT2D eigenvalue weighted by molar-refractivity contribution is 0.625. The summed E-state index contributed by atoms with van der Waals surface area (Å²) in [5.41, 5.74) is 0.537. The van der Waals surface area contributed by atoms with E-state index in [1.807, 2.05) is 0 Å². The van der Waals surface area contributed by atoms with Crippen molar-refractivity contribution in [2.45, 2.75) is 0 Å². The third-order valence-corrected chi connectivity index (χ3v) is 1.59. The lowest BCUT2D eigenvalue weighted by atomic mass is 10.3. The maximum Gasteiger partial charge on any atom is 0.146 e. The second kappa shape index (κ2) is 3.77. The molecule has 0 atom stereocenters. The molecule has 0 aliphatic rings. The Morgan fingerprint density at radius 2 is 2.17 bits per heavy atom. The third-order valence-electron chi connectivity index (χ3n) is 1.59. The van der Waals surface area contributed by atoms with Gasteiger partial charge in [-0.25, -0.2) is 4.39 Å². The van der Waals surface area contributed by atoms with Crippen LogP contribution in [-0.2, 0) is 0 Å².